The second-order valence-corrected chi connectivity index (χ2v) is 12.5. The van der Waals surface area contributed by atoms with Gasteiger partial charge in [0.1, 0.15) is 0 Å². The summed E-state index contributed by atoms with van der Waals surface area (Å²) in [5.74, 6) is 2.21. The van der Waals surface area contributed by atoms with E-state index in [-0.39, 0.29) is 0 Å². The number of hydrogen-bond acceptors (Lipinski definition) is 5. The van der Waals surface area contributed by atoms with E-state index in [1.165, 1.54) is 5.56 Å². The summed E-state index contributed by atoms with van der Waals surface area (Å²) in [6.07, 6.45) is 9.65. The summed E-state index contributed by atoms with van der Waals surface area (Å²) in [5.41, 5.74) is 5.43. The van der Waals surface area contributed by atoms with Crippen LogP contribution in [-0.4, -0.2) is 38.7 Å². The number of hydrogen-bond donors (Lipinski definition) is 1. The van der Waals surface area contributed by atoms with E-state index in [0.717, 1.165) is 39.7 Å². The standard InChI is InChI=1S/C39H37BN3O2/c1-38(2,44)39(3,4)45-40-34-25-23-33(24-26-34)37-42-35(31-19-15-29(16-20-31)27-11-7-5-8-12-27)41-36(43-37)32-21-17-30(18-22-32)28-13-9-6-10-14-28/h5-13,15-26,28,44H,14H2,1-4H3. The van der Waals surface area contributed by atoms with Gasteiger partial charge in [-0.3, -0.25) is 0 Å². The summed E-state index contributed by atoms with van der Waals surface area (Å²) in [6.45, 7) is 7.22. The van der Waals surface area contributed by atoms with E-state index < -0.39 is 11.2 Å². The van der Waals surface area contributed by atoms with Gasteiger partial charge in [0.2, 0.25) is 0 Å². The van der Waals surface area contributed by atoms with Crippen molar-refractivity contribution in [2.45, 2.75) is 51.2 Å². The molecule has 1 aliphatic rings. The average molecular weight is 591 g/mol. The fourth-order valence-corrected chi connectivity index (χ4v) is 4.98. The van der Waals surface area contributed by atoms with Crippen molar-refractivity contribution in [2.75, 3.05) is 0 Å². The van der Waals surface area contributed by atoms with Crippen LogP contribution < -0.4 is 5.46 Å². The van der Waals surface area contributed by atoms with Gasteiger partial charge in [-0.15, -0.1) is 0 Å². The maximum absolute atomic E-state index is 10.4. The van der Waals surface area contributed by atoms with Crippen molar-refractivity contribution < 1.29 is 9.76 Å². The molecule has 0 aliphatic heterocycles. The number of allylic oxidation sites excluding steroid dienone is 4. The van der Waals surface area contributed by atoms with Crippen LogP contribution in [0.25, 0.3) is 45.3 Å². The first kappa shape index (κ1) is 30.4. The van der Waals surface area contributed by atoms with Crippen molar-refractivity contribution in [1.82, 2.24) is 15.0 Å². The third-order valence-corrected chi connectivity index (χ3v) is 8.60. The quantitative estimate of drug-likeness (QED) is 0.177. The Hall–Kier alpha value is -4.65. The van der Waals surface area contributed by atoms with Crippen molar-refractivity contribution >= 4 is 12.9 Å². The summed E-state index contributed by atoms with van der Waals surface area (Å²) in [5, 5.41) is 10.4. The van der Waals surface area contributed by atoms with Gasteiger partial charge in [-0.2, -0.15) is 0 Å². The molecule has 1 radical (unpaired) electrons. The Morgan fingerprint density at radius 2 is 1.11 bits per heavy atom. The van der Waals surface area contributed by atoms with Crippen LogP contribution in [0, 0.1) is 0 Å². The highest BCUT2D eigenvalue weighted by atomic mass is 16.5. The summed E-state index contributed by atoms with van der Waals surface area (Å²) >= 11 is 0. The monoisotopic (exact) mass is 590 g/mol. The molecule has 45 heavy (non-hydrogen) atoms. The molecule has 1 heterocycles. The average Bonchev–Trinajstić information content (AvgIpc) is 3.08. The molecule has 1 aromatic heterocycles. The lowest BCUT2D eigenvalue weighted by Crippen LogP contribution is -2.49. The van der Waals surface area contributed by atoms with Gasteiger partial charge in [-0.05, 0) is 50.8 Å². The molecular formula is C39H37BN3O2. The molecule has 0 saturated heterocycles. The van der Waals surface area contributed by atoms with Gasteiger partial charge in [0, 0.05) is 22.6 Å². The van der Waals surface area contributed by atoms with Gasteiger partial charge in [0.15, 0.2) is 17.5 Å². The van der Waals surface area contributed by atoms with Gasteiger partial charge in [0.25, 0.3) is 0 Å². The van der Waals surface area contributed by atoms with Gasteiger partial charge in [-0.25, -0.2) is 15.0 Å². The minimum absolute atomic E-state index is 0.380. The van der Waals surface area contributed by atoms with E-state index in [1.807, 2.05) is 56.3 Å². The molecular weight excluding hydrogens is 553 g/mol. The molecule has 0 spiro atoms. The molecule has 0 amide bonds. The van der Waals surface area contributed by atoms with Crippen LogP contribution in [0.2, 0.25) is 0 Å². The summed E-state index contributed by atoms with van der Waals surface area (Å²) in [6, 6.07) is 35.1. The highest BCUT2D eigenvalue weighted by molar-refractivity contribution is 6.47. The Balaban J connectivity index is 1.33. The maximum Gasteiger partial charge on any atom is 0.330 e. The van der Waals surface area contributed by atoms with Crippen LogP contribution in [0.1, 0.15) is 45.6 Å². The second-order valence-electron chi connectivity index (χ2n) is 12.5. The Kier molecular flexibility index (Phi) is 8.62. The fraction of sp³-hybridized carbons (Fsp3) is 0.205. The largest absolute Gasteiger partial charge is 0.427 e. The van der Waals surface area contributed by atoms with Crippen molar-refractivity contribution in [3.05, 3.63) is 133 Å². The van der Waals surface area contributed by atoms with Gasteiger partial charge in [-0.1, -0.05) is 133 Å². The van der Waals surface area contributed by atoms with Crippen LogP contribution in [-0.2, 0) is 4.65 Å². The van der Waals surface area contributed by atoms with Crippen LogP contribution >= 0.6 is 0 Å². The SMILES string of the molecule is CC(C)(O)C(C)(C)O[B]c1ccc(-c2nc(-c3ccc(-c4ccccc4)cc3)nc(-c3ccc(C4C=CC=CC4)cc3)n2)cc1. The van der Waals surface area contributed by atoms with Crippen molar-refractivity contribution in [3.8, 4) is 45.3 Å². The van der Waals surface area contributed by atoms with Crippen molar-refractivity contribution in [1.29, 1.82) is 0 Å². The first-order chi connectivity index (χ1) is 21.7. The fourth-order valence-electron chi connectivity index (χ4n) is 4.98. The number of benzene rings is 4. The number of rotatable bonds is 9. The number of nitrogens with zero attached hydrogens (tertiary/aromatic N) is 3. The van der Waals surface area contributed by atoms with E-state index in [2.05, 4.69) is 85.0 Å². The van der Waals surface area contributed by atoms with E-state index in [9.17, 15) is 5.11 Å². The molecule has 6 rings (SSSR count). The Morgan fingerprint density at radius 1 is 0.622 bits per heavy atom. The van der Waals surface area contributed by atoms with Crippen molar-refractivity contribution in [2.24, 2.45) is 0 Å². The maximum atomic E-state index is 10.4. The first-order valence-electron chi connectivity index (χ1n) is 15.4. The molecule has 5 nitrogen and oxygen atoms in total. The highest BCUT2D eigenvalue weighted by Crippen LogP contribution is 2.30. The zero-order valence-corrected chi connectivity index (χ0v) is 26.2. The number of aromatic nitrogens is 3. The third-order valence-electron chi connectivity index (χ3n) is 8.60. The summed E-state index contributed by atoms with van der Waals surface area (Å²) in [7, 11) is 1.68. The molecule has 1 atom stereocenters. The molecule has 5 aromatic rings. The van der Waals surface area contributed by atoms with E-state index in [4.69, 9.17) is 19.6 Å². The lowest BCUT2D eigenvalue weighted by molar-refractivity contribution is -0.0893. The Labute approximate surface area is 266 Å². The molecule has 1 aliphatic carbocycles. The topological polar surface area (TPSA) is 68.1 Å². The summed E-state index contributed by atoms with van der Waals surface area (Å²) in [4.78, 5) is 14.8. The minimum atomic E-state index is -0.997. The third kappa shape index (κ3) is 7.03. The van der Waals surface area contributed by atoms with Gasteiger partial charge >= 0.3 is 7.48 Å². The van der Waals surface area contributed by atoms with Gasteiger partial charge < -0.3 is 9.76 Å². The molecule has 4 aromatic carbocycles. The van der Waals surface area contributed by atoms with E-state index in [0.29, 0.717) is 23.4 Å². The van der Waals surface area contributed by atoms with E-state index >= 15 is 0 Å². The normalized spacial score (nSPS) is 14.8. The van der Waals surface area contributed by atoms with Gasteiger partial charge in [0.05, 0.1) is 11.2 Å². The van der Waals surface area contributed by atoms with Crippen LogP contribution in [0.15, 0.2) is 127 Å². The second kappa shape index (κ2) is 12.8. The minimum Gasteiger partial charge on any atom is -0.427 e. The zero-order chi connectivity index (χ0) is 31.4. The molecule has 223 valence electrons. The van der Waals surface area contributed by atoms with E-state index in [1.54, 1.807) is 21.3 Å². The predicted molar refractivity (Wildman–Crippen MR) is 184 cm³/mol. The first-order valence-corrected chi connectivity index (χ1v) is 15.4. The van der Waals surface area contributed by atoms with Crippen LogP contribution in [0.5, 0.6) is 0 Å². The molecule has 0 fully saturated rings. The Morgan fingerprint density at radius 3 is 1.62 bits per heavy atom. The lowest BCUT2D eigenvalue weighted by atomic mass is 9.82. The molecule has 0 bridgehead atoms. The van der Waals surface area contributed by atoms with Crippen molar-refractivity contribution in [3.63, 3.8) is 0 Å². The van der Waals surface area contributed by atoms with Crippen LogP contribution in [0.3, 0.4) is 0 Å². The van der Waals surface area contributed by atoms with Crippen LogP contribution in [0.4, 0.5) is 0 Å². The molecule has 1 N–H and O–H groups in total. The zero-order valence-electron chi connectivity index (χ0n) is 26.2. The number of aliphatic hydroxyl groups is 1. The molecule has 0 saturated carbocycles. The lowest BCUT2D eigenvalue weighted by Gasteiger charge is -2.37. The molecule has 1 unspecified atom stereocenters. The Bertz CT molecular complexity index is 1810. The smallest absolute Gasteiger partial charge is 0.330 e. The predicted octanol–water partition coefficient (Wildman–Crippen LogP) is 7.95. The highest BCUT2D eigenvalue weighted by Gasteiger charge is 2.35. The summed E-state index contributed by atoms with van der Waals surface area (Å²) < 4.78 is 5.95. The molecule has 6 heteroatoms.